The number of hydrogen-bond acceptors (Lipinski definition) is 3. The van der Waals surface area contributed by atoms with Crippen LogP contribution in [0.1, 0.15) is 15.9 Å². The lowest BCUT2D eigenvalue weighted by Crippen LogP contribution is -2.25. The number of aromatic nitrogens is 1. The fourth-order valence-corrected chi connectivity index (χ4v) is 3.92. The monoisotopic (exact) mass is 379 g/mol. The zero-order valence-corrected chi connectivity index (χ0v) is 15.8. The molecule has 0 saturated carbocycles. The molecule has 2 heterocycles. The summed E-state index contributed by atoms with van der Waals surface area (Å²) >= 11 is 0. The van der Waals surface area contributed by atoms with Crippen molar-refractivity contribution in [3.63, 3.8) is 0 Å². The number of carbonyl (C=O) groups excluding carboxylic acids is 2. The van der Waals surface area contributed by atoms with Crippen molar-refractivity contribution >= 4 is 28.7 Å². The van der Waals surface area contributed by atoms with E-state index >= 15 is 0 Å². The Labute approximate surface area is 167 Å². The molecule has 1 aliphatic rings. The van der Waals surface area contributed by atoms with Crippen molar-refractivity contribution in [2.45, 2.75) is 0 Å². The maximum atomic E-state index is 13.0. The topological polar surface area (TPSA) is 48.3 Å². The summed E-state index contributed by atoms with van der Waals surface area (Å²) in [6.45, 7) is 0. The molecule has 1 aromatic heterocycles. The Hall–Kier alpha value is -3.92. The van der Waals surface area contributed by atoms with Crippen molar-refractivity contribution in [2.75, 3.05) is 0 Å². The first-order valence-electron chi connectivity index (χ1n) is 9.35. The molecule has 29 heavy (non-hydrogen) atoms. The number of ketones is 1. The van der Waals surface area contributed by atoms with Gasteiger partial charge in [0.05, 0.1) is 11.3 Å². The number of hydrogen-bond donors (Lipinski definition) is 0. The van der Waals surface area contributed by atoms with Crippen molar-refractivity contribution in [3.05, 3.63) is 95.6 Å². The zero-order chi connectivity index (χ0) is 20.0. The smallest absolute Gasteiger partial charge is 0.347 e. The van der Waals surface area contributed by atoms with Crippen LogP contribution in [0.4, 0.5) is 0 Å². The van der Waals surface area contributed by atoms with Gasteiger partial charge in [-0.25, -0.2) is 4.79 Å². The first kappa shape index (κ1) is 17.2. The van der Waals surface area contributed by atoms with E-state index in [2.05, 4.69) is 4.57 Å². The number of nitrogens with zero attached hydrogens (tertiary/aromatic N) is 1. The summed E-state index contributed by atoms with van der Waals surface area (Å²) in [5, 5.41) is 0.973. The minimum Gasteiger partial charge on any atom is -0.422 e. The Kier molecular flexibility index (Phi) is 3.91. The van der Waals surface area contributed by atoms with Gasteiger partial charge in [0.25, 0.3) is 0 Å². The van der Waals surface area contributed by atoms with Gasteiger partial charge >= 0.3 is 5.97 Å². The summed E-state index contributed by atoms with van der Waals surface area (Å²) in [6.07, 6.45) is 1.67. The van der Waals surface area contributed by atoms with Gasteiger partial charge < -0.3 is 9.30 Å². The molecule has 4 aromatic rings. The first-order chi connectivity index (χ1) is 14.1. The molecule has 4 nitrogen and oxygen atoms in total. The summed E-state index contributed by atoms with van der Waals surface area (Å²) < 4.78 is 7.50. The van der Waals surface area contributed by atoms with Crippen LogP contribution in [0, 0.1) is 0 Å². The molecule has 0 saturated heterocycles. The van der Waals surface area contributed by atoms with Crippen molar-refractivity contribution in [3.8, 4) is 17.0 Å². The molecule has 4 heteroatoms. The minimum atomic E-state index is -0.624. The number of para-hydroxylation sites is 2. The Morgan fingerprint density at radius 2 is 1.52 bits per heavy atom. The maximum Gasteiger partial charge on any atom is 0.347 e. The quantitative estimate of drug-likeness (QED) is 0.212. The summed E-state index contributed by atoms with van der Waals surface area (Å²) in [5.41, 5.74) is 4.25. The second kappa shape index (κ2) is 6.60. The number of fused-ring (bicyclic) bond motifs is 2. The molecular weight excluding hydrogens is 362 g/mol. The predicted molar refractivity (Wildman–Crippen MR) is 113 cm³/mol. The minimum absolute atomic E-state index is 0.0391. The van der Waals surface area contributed by atoms with Gasteiger partial charge in [-0.2, -0.15) is 0 Å². The van der Waals surface area contributed by atoms with Crippen LogP contribution in [0.2, 0.25) is 0 Å². The first-order valence-corrected chi connectivity index (χ1v) is 9.35. The van der Waals surface area contributed by atoms with E-state index in [4.69, 9.17) is 4.74 Å². The lowest BCUT2D eigenvalue weighted by Gasteiger charge is -2.16. The van der Waals surface area contributed by atoms with Crippen LogP contribution >= 0.6 is 0 Å². The van der Waals surface area contributed by atoms with Crippen LogP contribution in [-0.4, -0.2) is 16.3 Å². The van der Waals surface area contributed by atoms with E-state index < -0.39 is 5.97 Å². The number of ether oxygens (including phenoxy) is 1. The molecule has 0 fully saturated rings. The molecule has 0 amide bonds. The molecule has 0 atom stereocenters. The van der Waals surface area contributed by atoms with Gasteiger partial charge in [-0.1, -0.05) is 60.7 Å². The van der Waals surface area contributed by atoms with Gasteiger partial charge in [-0.3, -0.25) is 4.79 Å². The summed E-state index contributed by atoms with van der Waals surface area (Å²) in [6, 6.07) is 24.7. The molecule has 0 bridgehead atoms. The zero-order valence-electron chi connectivity index (χ0n) is 15.8. The molecule has 5 rings (SSSR count). The highest BCUT2D eigenvalue weighted by Crippen LogP contribution is 2.36. The highest BCUT2D eigenvalue weighted by Gasteiger charge is 2.31. The Bertz CT molecular complexity index is 1310. The van der Waals surface area contributed by atoms with Gasteiger partial charge in [0.2, 0.25) is 5.78 Å². The van der Waals surface area contributed by atoms with Gasteiger partial charge in [0.1, 0.15) is 11.3 Å². The van der Waals surface area contributed by atoms with Gasteiger partial charge in [-0.05, 0) is 29.8 Å². The number of rotatable bonds is 2. The van der Waals surface area contributed by atoms with E-state index in [0.29, 0.717) is 11.3 Å². The van der Waals surface area contributed by atoms with Crippen LogP contribution in [0.3, 0.4) is 0 Å². The molecule has 0 N–H and O–H groups in total. The normalized spacial score (nSPS) is 14.9. The van der Waals surface area contributed by atoms with Crippen LogP contribution < -0.4 is 4.74 Å². The van der Waals surface area contributed by atoms with Crippen LogP contribution in [-0.2, 0) is 11.8 Å². The second-order valence-corrected chi connectivity index (χ2v) is 6.98. The highest BCUT2D eigenvalue weighted by molar-refractivity contribution is 6.30. The molecular formula is C25H17NO3. The molecule has 0 radical (unpaired) electrons. The van der Waals surface area contributed by atoms with Crippen molar-refractivity contribution in [1.82, 2.24) is 4.57 Å². The fraction of sp³-hybridized carbons (Fsp3) is 0.0400. The molecule has 1 aliphatic heterocycles. The SMILES string of the molecule is Cn1c(-c2ccccc2)c(/C=C2/C(=O)Oc3ccccc3C2=O)c2ccccc21. The van der Waals surface area contributed by atoms with Gasteiger partial charge in [0.15, 0.2) is 0 Å². The molecule has 0 unspecified atom stereocenters. The van der Waals surface area contributed by atoms with Crippen molar-refractivity contribution in [1.29, 1.82) is 0 Å². The number of carbonyl (C=O) groups is 2. The molecule has 140 valence electrons. The van der Waals surface area contributed by atoms with Crippen LogP contribution in [0.25, 0.3) is 28.2 Å². The number of Topliss-reactive ketones (excluding diaryl/α,β-unsaturated/α-hetero) is 1. The largest absolute Gasteiger partial charge is 0.422 e. The Morgan fingerprint density at radius 1 is 0.828 bits per heavy atom. The van der Waals surface area contributed by atoms with E-state index in [1.54, 1.807) is 30.3 Å². The second-order valence-electron chi connectivity index (χ2n) is 6.98. The average Bonchev–Trinajstić information content (AvgIpc) is 3.03. The maximum absolute atomic E-state index is 13.0. The highest BCUT2D eigenvalue weighted by atomic mass is 16.5. The summed E-state index contributed by atoms with van der Waals surface area (Å²) in [7, 11) is 1.99. The van der Waals surface area contributed by atoms with E-state index in [1.165, 1.54) is 0 Å². The van der Waals surface area contributed by atoms with Crippen molar-refractivity contribution in [2.24, 2.45) is 7.05 Å². The van der Waals surface area contributed by atoms with Crippen molar-refractivity contribution < 1.29 is 14.3 Å². The molecule has 0 aliphatic carbocycles. The summed E-state index contributed by atoms with van der Waals surface area (Å²) in [5.74, 6) is -0.634. The van der Waals surface area contributed by atoms with E-state index in [0.717, 1.165) is 27.7 Å². The third kappa shape index (κ3) is 2.69. The predicted octanol–water partition coefficient (Wildman–Crippen LogP) is 5.03. The number of benzene rings is 3. The van der Waals surface area contributed by atoms with Crippen LogP contribution in [0.5, 0.6) is 5.75 Å². The number of aryl methyl sites for hydroxylation is 1. The standard InChI is InChI=1S/C25H17NO3/c1-26-21-13-7-5-11-17(21)19(23(26)16-9-3-2-4-10-16)15-20-24(27)18-12-6-8-14-22(18)29-25(20)28/h2-15H,1H3/b20-15+. The van der Waals surface area contributed by atoms with E-state index in [-0.39, 0.29) is 11.4 Å². The summed E-state index contributed by atoms with van der Waals surface area (Å²) in [4.78, 5) is 25.7. The Balaban J connectivity index is 1.78. The van der Waals surface area contributed by atoms with Gasteiger partial charge in [0, 0.05) is 23.5 Å². The van der Waals surface area contributed by atoms with E-state index in [9.17, 15) is 9.59 Å². The van der Waals surface area contributed by atoms with Crippen LogP contribution in [0.15, 0.2) is 84.4 Å². The molecule has 0 spiro atoms. The fourth-order valence-electron chi connectivity index (χ4n) is 3.92. The number of esters is 1. The third-order valence-electron chi connectivity index (χ3n) is 5.28. The third-order valence-corrected chi connectivity index (χ3v) is 5.28. The lowest BCUT2D eigenvalue weighted by atomic mass is 9.96. The average molecular weight is 379 g/mol. The van der Waals surface area contributed by atoms with E-state index in [1.807, 2.05) is 61.6 Å². The molecule has 3 aromatic carbocycles. The van der Waals surface area contributed by atoms with Gasteiger partial charge in [-0.15, -0.1) is 0 Å². The lowest BCUT2D eigenvalue weighted by molar-refractivity contribution is -0.130. The Morgan fingerprint density at radius 3 is 2.34 bits per heavy atom.